The van der Waals surface area contributed by atoms with Gasteiger partial charge in [-0.3, -0.25) is 9.59 Å². The lowest BCUT2D eigenvalue weighted by atomic mass is 10.1. The molecule has 16 heavy (non-hydrogen) atoms. The van der Waals surface area contributed by atoms with Gasteiger partial charge in [0.2, 0.25) is 5.91 Å². The van der Waals surface area contributed by atoms with E-state index in [0.29, 0.717) is 12.1 Å². The summed E-state index contributed by atoms with van der Waals surface area (Å²) in [6.45, 7) is 3.78. The van der Waals surface area contributed by atoms with Crippen molar-refractivity contribution in [2.75, 3.05) is 11.9 Å². The van der Waals surface area contributed by atoms with Crippen molar-refractivity contribution in [1.29, 1.82) is 0 Å². The smallest absolute Gasteiger partial charge is 0.222 e. The number of primary amides is 1. The van der Waals surface area contributed by atoms with Gasteiger partial charge in [-0.05, 0) is 31.2 Å². The highest BCUT2D eigenvalue weighted by molar-refractivity contribution is 5.94. The fraction of sp³-hybridized carbons (Fsp3) is 0.333. The number of Topliss-reactive ketones (excluding diaryl/α,β-unsaturated/α-hetero) is 1. The van der Waals surface area contributed by atoms with Crippen LogP contribution >= 0.6 is 0 Å². The van der Waals surface area contributed by atoms with Crippen molar-refractivity contribution >= 4 is 17.4 Å². The number of carbonyl (C=O) groups excluding carboxylic acids is 2. The molecule has 1 aromatic rings. The standard InChI is InChI=1S/C12H16N2O2/c1-8(12(13)16)7-14-11-5-3-10(4-6-11)9(2)15/h3-6,8,14H,7H2,1-2H3,(H2,13,16). The number of rotatable bonds is 5. The van der Waals surface area contributed by atoms with E-state index in [1.165, 1.54) is 6.92 Å². The van der Waals surface area contributed by atoms with Crippen molar-refractivity contribution in [3.63, 3.8) is 0 Å². The third-order valence-electron chi connectivity index (χ3n) is 2.39. The minimum absolute atomic E-state index is 0.0389. The first-order valence-electron chi connectivity index (χ1n) is 5.15. The Labute approximate surface area is 94.8 Å². The molecule has 0 spiro atoms. The SMILES string of the molecule is CC(=O)c1ccc(NCC(C)C(N)=O)cc1. The average molecular weight is 220 g/mol. The molecule has 0 aliphatic heterocycles. The minimum atomic E-state index is -0.326. The molecule has 0 bridgehead atoms. The first-order valence-corrected chi connectivity index (χ1v) is 5.15. The van der Waals surface area contributed by atoms with Crippen LogP contribution in [0.5, 0.6) is 0 Å². The highest BCUT2D eigenvalue weighted by Gasteiger charge is 2.07. The quantitative estimate of drug-likeness (QED) is 0.737. The molecular weight excluding hydrogens is 204 g/mol. The fourth-order valence-corrected chi connectivity index (χ4v) is 1.19. The van der Waals surface area contributed by atoms with E-state index in [1.54, 1.807) is 19.1 Å². The Hall–Kier alpha value is -1.84. The molecule has 0 radical (unpaired) electrons. The van der Waals surface area contributed by atoms with E-state index in [1.807, 2.05) is 12.1 Å². The number of nitrogens with one attached hydrogen (secondary N) is 1. The molecule has 0 fully saturated rings. The minimum Gasteiger partial charge on any atom is -0.384 e. The summed E-state index contributed by atoms with van der Waals surface area (Å²) in [6.07, 6.45) is 0. The number of benzene rings is 1. The molecule has 1 amide bonds. The zero-order valence-electron chi connectivity index (χ0n) is 9.49. The lowest BCUT2D eigenvalue weighted by Crippen LogP contribution is -2.26. The molecule has 1 rings (SSSR count). The van der Waals surface area contributed by atoms with E-state index in [4.69, 9.17) is 5.73 Å². The van der Waals surface area contributed by atoms with Crippen LogP contribution in [0.4, 0.5) is 5.69 Å². The molecule has 4 heteroatoms. The molecule has 1 aromatic carbocycles. The molecule has 3 N–H and O–H groups in total. The van der Waals surface area contributed by atoms with Crippen LogP contribution in [0.25, 0.3) is 0 Å². The van der Waals surface area contributed by atoms with Crippen LogP contribution in [-0.4, -0.2) is 18.2 Å². The molecule has 1 unspecified atom stereocenters. The van der Waals surface area contributed by atoms with Crippen LogP contribution in [-0.2, 0) is 4.79 Å². The van der Waals surface area contributed by atoms with E-state index >= 15 is 0 Å². The van der Waals surface area contributed by atoms with Crippen LogP contribution in [0.15, 0.2) is 24.3 Å². The van der Waals surface area contributed by atoms with Crippen LogP contribution in [0.2, 0.25) is 0 Å². The van der Waals surface area contributed by atoms with Gasteiger partial charge in [-0.15, -0.1) is 0 Å². The summed E-state index contributed by atoms with van der Waals surface area (Å²) in [5, 5.41) is 3.08. The second kappa shape index (κ2) is 5.30. The highest BCUT2D eigenvalue weighted by atomic mass is 16.1. The van der Waals surface area contributed by atoms with Crippen molar-refractivity contribution < 1.29 is 9.59 Å². The summed E-state index contributed by atoms with van der Waals surface area (Å²) >= 11 is 0. The number of nitrogens with two attached hydrogens (primary N) is 1. The first-order chi connectivity index (χ1) is 7.50. The van der Waals surface area contributed by atoms with Gasteiger partial charge in [-0.1, -0.05) is 6.92 Å². The maximum Gasteiger partial charge on any atom is 0.222 e. The van der Waals surface area contributed by atoms with Crippen LogP contribution in [0, 0.1) is 5.92 Å². The van der Waals surface area contributed by atoms with Gasteiger partial charge in [0.1, 0.15) is 0 Å². The van der Waals surface area contributed by atoms with E-state index in [0.717, 1.165) is 5.69 Å². The van der Waals surface area contributed by atoms with Crippen molar-refractivity contribution in [2.24, 2.45) is 11.7 Å². The van der Waals surface area contributed by atoms with Crippen LogP contribution in [0.3, 0.4) is 0 Å². The van der Waals surface area contributed by atoms with Crippen molar-refractivity contribution in [2.45, 2.75) is 13.8 Å². The van der Waals surface area contributed by atoms with Crippen molar-refractivity contribution in [3.8, 4) is 0 Å². The summed E-state index contributed by atoms with van der Waals surface area (Å²) in [5.41, 5.74) is 6.69. The monoisotopic (exact) mass is 220 g/mol. The molecule has 4 nitrogen and oxygen atoms in total. The Bertz CT molecular complexity index is 385. The van der Waals surface area contributed by atoms with Gasteiger partial charge in [0, 0.05) is 17.8 Å². The van der Waals surface area contributed by atoms with Gasteiger partial charge in [-0.25, -0.2) is 0 Å². The Morgan fingerprint density at radius 3 is 2.31 bits per heavy atom. The Kier molecular flexibility index (Phi) is 4.05. The Morgan fingerprint density at radius 2 is 1.88 bits per heavy atom. The molecule has 0 heterocycles. The second-order valence-corrected chi connectivity index (χ2v) is 3.82. The maximum atomic E-state index is 11.0. The third kappa shape index (κ3) is 3.38. The van der Waals surface area contributed by atoms with Gasteiger partial charge in [0.25, 0.3) is 0 Å². The predicted molar refractivity (Wildman–Crippen MR) is 63.3 cm³/mol. The van der Waals surface area contributed by atoms with E-state index in [2.05, 4.69) is 5.32 Å². The maximum absolute atomic E-state index is 11.0. The molecule has 0 saturated carbocycles. The van der Waals surface area contributed by atoms with Gasteiger partial charge in [-0.2, -0.15) is 0 Å². The molecule has 1 atom stereocenters. The van der Waals surface area contributed by atoms with Crippen LogP contribution in [0.1, 0.15) is 24.2 Å². The zero-order valence-corrected chi connectivity index (χ0v) is 9.49. The highest BCUT2D eigenvalue weighted by Crippen LogP contribution is 2.10. The number of hydrogen-bond donors (Lipinski definition) is 2. The van der Waals surface area contributed by atoms with Crippen molar-refractivity contribution in [1.82, 2.24) is 0 Å². The molecule has 0 aromatic heterocycles. The number of ketones is 1. The Balaban J connectivity index is 2.56. The molecule has 0 aliphatic rings. The van der Waals surface area contributed by atoms with E-state index in [-0.39, 0.29) is 17.6 Å². The van der Waals surface area contributed by atoms with Crippen molar-refractivity contribution in [3.05, 3.63) is 29.8 Å². The molecule has 0 saturated heterocycles. The topological polar surface area (TPSA) is 72.2 Å². The number of anilines is 1. The largest absolute Gasteiger partial charge is 0.384 e. The van der Waals surface area contributed by atoms with E-state index < -0.39 is 0 Å². The van der Waals surface area contributed by atoms with Gasteiger partial charge in [0.05, 0.1) is 5.92 Å². The summed E-state index contributed by atoms with van der Waals surface area (Å²) in [7, 11) is 0. The fourth-order valence-electron chi connectivity index (χ4n) is 1.19. The summed E-state index contributed by atoms with van der Waals surface area (Å²) < 4.78 is 0. The average Bonchev–Trinajstić information content (AvgIpc) is 2.26. The number of carbonyl (C=O) groups is 2. The van der Waals surface area contributed by atoms with Gasteiger partial charge >= 0.3 is 0 Å². The summed E-state index contributed by atoms with van der Waals surface area (Å²) in [5.74, 6) is -0.502. The first kappa shape index (κ1) is 12.2. The normalized spacial score (nSPS) is 11.9. The third-order valence-corrected chi connectivity index (χ3v) is 2.39. The van der Waals surface area contributed by atoms with E-state index in [9.17, 15) is 9.59 Å². The summed E-state index contributed by atoms with van der Waals surface area (Å²) in [6, 6.07) is 7.12. The van der Waals surface area contributed by atoms with Gasteiger partial charge in [0.15, 0.2) is 5.78 Å². The summed E-state index contributed by atoms with van der Waals surface area (Å²) in [4.78, 5) is 21.8. The Morgan fingerprint density at radius 1 is 1.31 bits per heavy atom. The zero-order chi connectivity index (χ0) is 12.1. The predicted octanol–water partition coefficient (Wildman–Crippen LogP) is 1.42. The molecule has 0 aliphatic carbocycles. The number of hydrogen-bond acceptors (Lipinski definition) is 3. The van der Waals surface area contributed by atoms with Gasteiger partial charge < -0.3 is 11.1 Å². The van der Waals surface area contributed by atoms with Crippen LogP contribution < -0.4 is 11.1 Å². The molecular formula is C12H16N2O2. The molecule has 86 valence electrons. The lowest BCUT2D eigenvalue weighted by molar-refractivity contribution is -0.120. The second-order valence-electron chi connectivity index (χ2n) is 3.82. The number of amides is 1. The lowest BCUT2D eigenvalue weighted by Gasteiger charge is -2.10.